The zero-order valence-corrected chi connectivity index (χ0v) is 12.2. The van der Waals surface area contributed by atoms with Crippen LogP contribution in [-0.2, 0) is 6.54 Å². The molecule has 0 aliphatic rings. The fourth-order valence-corrected chi connectivity index (χ4v) is 1.63. The monoisotopic (exact) mass is 285 g/mol. The van der Waals surface area contributed by atoms with Crippen molar-refractivity contribution in [1.29, 1.82) is 0 Å². The average molecular weight is 285 g/mol. The summed E-state index contributed by atoms with van der Waals surface area (Å²) in [5.41, 5.74) is 1.29. The maximum Gasteiger partial charge on any atom is 0.272 e. The molecule has 2 aromatic rings. The third-order valence-corrected chi connectivity index (χ3v) is 2.79. The number of carbonyl (C=O) groups is 1. The van der Waals surface area contributed by atoms with Crippen LogP contribution in [0.4, 0.5) is 5.82 Å². The zero-order chi connectivity index (χ0) is 15.1. The Kier molecular flexibility index (Phi) is 5.20. The van der Waals surface area contributed by atoms with Gasteiger partial charge < -0.3 is 10.6 Å². The van der Waals surface area contributed by atoms with Crippen LogP contribution in [0.5, 0.6) is 0 Å². The van der Waals surface area contributed by atoms with Crippen LogP contribution in [0.25, 0.3) is 0 Å². The summed E-state index contributed by atoms with van der Waals surface area (Å²) >= 11 is 0. The Balaban J connectivity index is 1.88. The number of aromatic nitrogens is 3. The maximum absolute atomic E-state index is 11.9. The number of pyridine rings is 1. The fraction of sp³-hybridized carbons (Fsp3) is 0.333. The van der Waals surface area contributed by atoms with Crippen molar-refractivity contribution in [2.75, 3.05) is 11.9 Å². The number of rotatable bonds is 6. The highest BCUT2D eigenvalue weighted by molar-refractivity contribution is 5.92. The van der Waals surface area contributed by atoms with Crippen molar-refractivity contribution in [3.8, 4) is 0 Å². The molecule has 110 valence electrons. The Morgan fingerprint density at radius 2 is 1.90 bits per heavy atom. The van der Waals surface area contributed by atoms with Crippen molar-refractivity contribution < 1.29 is 4.79 Å². The summed E-state index contributed by atoms with van der Waals surface area (Å²) in [5, 5.41) is 13.9. The SMILES string of the molecule is CC(C)CNc1ccc(C(=O)NCc2ccncc2)nn1. The van der Waals surface area contributed by atoms with Crippen LogP contribution in [0.3, 0.4) is 0 Å². The first-order valence-electron chi connectivity index (χ1n) is 6.90. The molecule has 0 radical (unpaired) electrons. The van der Waals surface area contributed by atoms with E-state index in [9.17, 15) is 4.79 Å². The second-order valence-corrected chi connectivity index (χ2v) is 5.12. The summed E-state index contributed by atoms with van der Waals surface area (Å²) in [4.78, 5) is 15.9. The van der Waals surface area contributed by atoms with E-state index in [1.54, 1.807) is 24.5 Å². The Morgan fingerprint density at radius 3 is 2.52 bits per heavy atom. The van der Waals surface area contributed by atoms with E-state index in [1.165, 1.54) is 0 Å². The van der Waals surface area contributed by atoms with Gasteiger partial charge in [-0.3, -0.25) is 9.78 Å². The predicted molar refractivity (Wildman–Crippen MR) is 80.8 cm³/mol. The van der Waals surface area contributed by atoms with E-state index in [1.807, 2.05) is 12.1 Å². The summed E-state index contributed by atoms with van der Waals surface area (Å²) in [6.07, 6.45) is 3.38. The molecular weight excluding hydrogens is 266 g/mol. The maximum atomic E-state index is 11.9. The van der Waals surface area contributed by atoms with Crippen LogP contribution >= 0.6 is 0 Å². The van der Waals surface area contributed by atoms with Gasteiger partial charge in [-0.05, 0) is 35.7 Å². The van der Waals surface area contributed by atoms with Gasteiger partial charge in [0.15, 0.2) is 5.69 Å². The van der Waals surface area contributed by atoms with E-state index in [0.717, 1.165) is 12.1 Å². The average Bonchev–Trinajstić information content (AvgIpc) is 2.52. The quantitative estimate of drug-likeness (QED) is 0.847. The lowest BCUT2D eigenvalue weighted by molar-refractivity contribution is 0.0945. The number of nitrogens with one attached hydrogen (secondary N) is 2. The normalized spacial score (nSPS) is 10.4. The molecule has 0 saturated heterocycles. The molecule has 0 saturated carbocycles. The Bertz CT molecular complexity index is 568. The summed E-state index contributed by atoms with van der Waals surface area (Å²) < 4.78 is 0. The van der Waals surface area contributed by atoms with Crippen molar-refractivity contribution in [2.24, 2.45) is 5.92 Å². The van der Waals surface area contributed by atoms with Crippen LogP contribution < -0.4 is 10.6 Å². The second kappa shape index (κ2) is 7.33. The van der Waals surface area contributed by atoms with E-state index < -0.39 is 0 Å². The van der Waals surface area contributed by atoms with Gasteiger partial charge in [0.1, 0.15) is 5.82 Å². The Labute approximate surface area is 124 Å². The van der Waals surface area contributed by atoms with E-state index in [2.05, 4.69) is 39.7 Å². The number of hydrogen-bond donors (Lipinski definition) is 2. The first-order valence-corrected chi connectivity index (χ1v) is 6.90. The summed E-state index contributed by atoms with van der Waals surface area (Å²) in [7, 11) is 0. The minimum atomic E-state index is -0.241. The Hall–Kier alpha value is -2.50. The topological polar surface area (TPSA) is 79.8 Å². The van der Waals surface area contributed by atoms with Gasteiger partial charge >= 0.3 is 0 Å². The van der Waals surface area contributed by atoms with E-state index in [-0.39, 0.29) is 5.91 Å². The Morgan fingerprint density at radius 1 is 1.14 bits per heavy atom. The molecule has 2 heterocycles. The van der Waals surface area contributed by atoms with Crippen LogP contribution in [-0.4, -0.2) is 27.6 Å². The number of anilines is 1. The minimum absolute atomic E-state index is 0.241. The molecule has 2 N–H and O–H groups in total. The molecule has 0 atom stereocenters. The molecule has 6 heteroatoms. The number of amides is 1. The predicted octanol–water partition coefficient (Wildman–Crippen LogP) is 1.87. The number of nitrogens with zero attached hydrogens (tertiary/aromatic N) is 3. The van der Waals surface area contributed by atoms with Crippen molar-refractivity contribution in [1.82, 2.24) is 20.5 Å². The van der Waals surface area contributed by atoms with Gasteiger partial charge in [-0.25, -0.2) is 0 Å². The largest absolute Gasteiger partial charge is 0.368 e. The van der Waals surface area contributed by atoms with Gasteiger partial charge in [0.05, 0.1) is 0 Å². The molecule has 0 bridgehead atoms. The lowest BCUT2D eigenvalue weighted by Crippen LogP contribution is -2.24. The van der Waals surface area contributed by atoms with Gasteiger partial charge in [-0.2, -0.15) is 0 Å². The van der Waals surface area contributed by atoms with Crippen LogP contribution in [0.1, 0.15) is 29.9 Å². The molecule has 0 aromatic carbocycles. The highest BCUT2D eigenvalue weighted by Gasteiger charge is 2.08. The fourth-order valence-electron chi connectivity index (χ4n) is 1.63. The molecule has 0 unspecified atom stereocenters. The smallest absolute Gasteiger partial charge is 0.272 e. The number of carbonyl (C=O) groups excluding carboxylic acids is 1. The summed E-state index contributed by atoms with van der Waals surface area (Å²) in [5.74, 6) is 0.958. The van der Waals surface area contributed by atoms with E-state index in [4.69, 9.17) is 0 Å². The molecule has 0 fully saturated rings. The standard InChI is InChI=1S/C15H19N5O/c1-11(2)9-17-14-4-3-13(19-20-14)15(21)18-10-12-5-7-16-8-6-12/h3-8,11H,9-10H2,1-2H3,(H,17,20)(H,18,21). The third-order valence-electron chi connectivity index (χ3n) is 2.79. The molecule has 0 aliphatic heterocycles. The van der Waals surface area contributed by atoms with Crippen molar-refractivity contribution >= 4 is 11.7 Å². The van der Waals surface area contributed by atoms with Crippen molar-refractivity contribution in [3.63, 3.8) is 0 Å². The zero-order valence-electron chi connectivity index (χ0n) is 12.2. The summed E-state index contributed by atoms with van der Waals surface area (Å²) in [6, 6.07) is 7.13. The molecule has 2 rings (SSSR count). The van der Waals surface area contributed by atoms with Gasteiger partial charge in [0.2, 0.25) is 0 Å². The van der Waals surface area contributed by atoms with E-state index in [0.29, 0.717) is 24.0 Å². The van der Waals surface area contributed by atoms with Gasteiger partial charge in [-0.1, -0.05) is 13.8 Å². The molecule has 1 amide bonds. The third kappa shape index (κ3) is 4.83. The van der Waals surface area contributed by atoms with Crippen molar-refractivity contribution in [3.05, 3.63) is 47.9 Å². The first-order chi connectivity index (χ1) is 10.1. The van der Waals surface area contributed by atoms with Crippen molar-refractivity contribution in [2.45, 2.75) is 20.4 Å². The molecule has 0 aliphatic carbocycles. The number of hydrogen-bond acceptors (Lipinski definition) is 5. The molecule has 6 nitrogen and oxygen atoms in total. The minimum Gasteiger partial charge on any atom is -0.368 e. The lowest BCUT2D eigenvalue weighted by atomic mass is 10.2. The van der Waals surface area contributed by atoms with Crippen LogP contribution in [0.2, 0.25) is 0 Å². The highest BCUT2D eigenvalue weighted by Crippen LogP contribution is 2.04. The molecule has 2 aromatic heterocycles. The van der Waals surface area contributed by atoms with E-state index >= 15 is 0 Å². The van der Waals surface area contributed by atoms with Gasteiger partial charge in [-0.15, -0.1) is 10.2 Å². The molecular formula is C15H19N5O. The molecule has 21 heavy (non-hydrogen) atoms. The lowest BCUT2D eigenvalue weighted by Gasteiger charge is -2.08. The van der Waals surface area contributed by atoms with Gasteiger partial charge in [0.25, 0.3) is 5.91 Å². The highest BCUT2D eigenvalue weighted by atomic mass is 16.1. The first kappa shape index (κ1) is 14.9. The van der Waals surface area contributed by atoms with Gasteiger partial charge in [0, 0.05) is 25.5 Å². The second-order valence-electron chi connectivity index (χ2n) is 5.12. The van der Waals surface area contributed by atoms with Crippen LogP contribution in [0.15, 0.2) is 36.7 Å². The summed E-state index contributed by atoms with van der Waals surface area (Å²) in [6.45, 7) is 5.49. The molecule has 0 spiro atoms. The van der Waals surface area contributed by atoms with Crippen LogP contribution in [0, 0.1) is 5.92 Å².